The molecule has 20 heavy (non-hydrogen) atoms. The molecular formula is C11H19N5O3S. The van der Waals surface area contributed by atoms with Crippen LogP contribution in [0.5, 0.6) is 0 Å². The predicted molar refractivity (Wildman–Crippen MR) is 75.7 cm³/mol. The molecule has 112 valence electrons. The van der Waals surface area contributed by atoms with Crippen LogP contribution in [-0.2, 0) is 14.9 Å². The van der Waals surface area contributed by atoms with E-state index >= 15 is 0 Å². The third kappa shape index (κ3) is 4.02. The van der Waals surface area contributed by atoms with E-state index in [9.17, 15) is 8.42 Å². The van der Waals surface area contributed by atoms with Crippen molar-refractivity contribution in [2.24, 2.45) is 0 Å². The molecule has 0 spiro atoms. The SMILES string of the molecule is CN(C)S(=O)(=O)Nc1ccc(NCC2CCCO2)nn1. The van der Waals surface area contributed by atoms with Gasteiger partial charge < -0.3 is 10.1 Å². The van der Waals surface area contributed by atoms with Gasteiger partial charge in [0, 0.05) is 27.2 Å². The topological polar surface area (TPSA) is 96.5 Å². The van der Waals surface area contributed by atoms with E-state index in [4.69, 9.17) is 4.74 Å². The summed E-state index contributed by atoms with van der Waals surface area (Å²) in [5.74, 6) is 0.773. The van der Waals surface area contributed by atoms with Gasteiger partial charge in [0.05, 0.1) is 6.10 Å². The van der Waals surface area contributed by atoms with Gasteiger partial charge in [-0.2, -0.15) is 12.7 Å². The van der Waals surface area contributed by atoms with Crippen molar-refractivity contribution >= 4 is 21.8 Å². The van der Waals surface area contributed by atoms with Gasteiger partial charge in [-0.15, -0.1) is 10.2 Å². The number of hydrogen-bond donors (Lipinski definition) is 2. The Labute approximate surface area is 118 Å². The number of nitrogens with zero attached hydrogens (tertiary/aromatic N) is 3. The van der Waals surface area contributed by atoms with Gasteiger partial charge in [0.1, 0.15) is 5.82 Å². The molecule has 1 aliphatic rings. The van der Waals surface area contributed by atoms with Crippen LogP contribution >= 0.6 is 0 Å². The van der Waals surface area contributed by atoms with Gasteiger partial charge in [0.25, 0.3) is 0 Å². The van der Waals surface area contributed by atoms with Gasteiger partial charge in [-0.25, -0.2) is 0 Å². The van der Waals surface area contributed by atoms with Crippen LogP contribution < -0.4 is 10.0 Å². The van der Waals surface area contributed by atoms with Crippen LogP contribution in [0.4, 0.5) is 11.6 Å². The number of aromatic nitrogens is 2. The second-order valence-electron chi connectivity index (χ2n) is 4.71. The minimum atomic E-state index is -3.55. The van der Waals surface area contributed by atoms with Crippen molar-refractivity contribution in [3.8, 4) is 0 Å². The molecule has 0 aromatic carbocycles. The fourth-order valence-electron chi connectivity index (χ4n) is 1.73. The normalized spacial score (nSPS) is 19.2. The number of ether oxygens (including phenoxy) is 1. The van der Waals surface area contributed by atoms with E-state index in [1.165, 1.54) is 14.1 Å². The molecule has 0 radical (unpaired) electrons. The van der Waals surface area contributed by atoms with E-state index in [0.717, 1.165) is 23.8 Å². The van der Waals surface area contributed by atoms with E-state index in [1.54, 1.807) is 12.1 Å². The van der Waals surface area contributed by atoms with Crippen molar-refractivity contribution in [2.45, 2.75) is 18.9 Å². The first-order valence-electron chi connectivity index (χ1n) is 6.37. The number of nitrogens with one attached hydrogen (secondary N) is 2. The zero-order chi connectivity index (χ0) is 14.6. The molecule has 2 heterocycles. The molecule has 8 nitrogen and oxygen atoms in total. The number of hydrogen-bond acceptors (Lipinski definition) is 6. The minimum Gasteiger partial charge on any atom is -0.376 e. The maximum Gasteiger partial charge on any atom is 0.302 e. The van der Waals surface area contributed by atoms with E-state index in [2.05, 4.69) is 20.2 Å². The first-order valence-corrected chi connectivity index (χ1v) is 7.81. The molecule has 1 unspecified atom stereocenters. The molecule has 9 heteroatoms. The van der Waals surface area contributed by atoms with Gasteiger partial charge in [0.2, 0.25) is 0 Å². The predicted octanol–water partition coefficient (Wildman–Crippen LogP) is 0.286. The summed E-state index contributed by atoms with van der Waals surface area (Å²) in [7, 11) is -0.673. The molecule has 0 bridgehead atoms. The highest BCUT2D eigenvalue weighted by Crippen LogP contribution is 2.13. The average Bonchev–Trinajstić information content (AvgIpc) is 2.90. The third-order valence-electron chi connectivity index (χ3n) is 2.91. The zero-order valence-corrected chi connectivity index (χ0v) is 12.4. The monoisotopic (exact) mass is 301 g/mol. The Bertz CT molecular complexity index is 525. The maximum atomic E-state index is 11.6. The first-order chi connectivity index (χ1) is 9.47. The molecule has 1 aliphatic heterocycles. The molecular weight excluding hydrogens is 282 g/mol. The van der Waals surface area contributed by atoms with Gasteiger partial charge in [0.15, 0.2) is 5.82 Å². The first kappa shape index (κ1) is 14.9. The minimum absolute atomic E-state index is 0.182. The van der Waals surface area contributed by atoms with Crippen LogP contribution in [0.3, 0.4) is 0 Å². The van der Waals surface area contributed by atoms with Crippen molar-refractivity contribution in [2.75, 3.05) is 37.3 Å². The second kappa shape index (κ2) is 6.33. The lowest BCUT2D eigenvalue weighted by Gasteiger charge is -2.13. The highest BCUT2D eigenvalue weighted by molar-refractivity contribution is 7.90. The summed E-state index contributed by atoms with van der Waals surface area (Å²) in [6.07, 6.45) is 2.34. The Kier molecular flexibility index (Phi) is 4.73. The largest absolute Gasteiger partial charge is 0.376 e. The van der Waals surface area contributed by atoms with Crippen LogP contribution in [0, 0.1) is 0 Å². The molecule has 2 rings (SSSR count). The van der Waals surface area contributed by atoms with Crippen molar-refractivity contribution in [3.05, 3.63) is 12.1 Å². The lowest BCUT2D eigenvalue weighted by molar-refractivity contribution is 0.120. The van der Waals surface area contributed by atoms with Crippen molar-refractivity contribution < 1.29 is 13.2 Å². The molecule has 1 aromatic rings. The van der Waals surface area contributed by atoms with Crippen LogP contribution in [0.2, 0.25) is 0 Å². The molecule has 0 aliphatic carbocycles. The van der Waals surface area contributed by atoms with E-state index in [0.29, 0.717) is 12.4 Å². The summed E-state index contributed by atoms with van der Waals surface area (Å²) < 4.78 is 32.1. The molecule has 0 amide bonds. The average molecular weight is 301 g/mol. The molecule has 1 fully saturated rings. The molecule has 1 atom stereocenters. The lowest BCUT2D eigenvalue weighted by atomic mass is 10.2. The quantitative estimate of drug-likeness (QED) is 0.784. The fourth-order valence-corrected chi connectivity index (χ4v) is 2.28. The molecule has 1 aromatic heterocycles. The maximum absolute atomic E-state index is 11.6. The van der Waals surface area contributed by atoms with E-state index < -0.39 is 10.2 Å². The van der Waals surface area contributed by atoms with Crippen LogP contribution in [0.15, 0.2) is 12.1 Å². The van der Waals surface area contributed by atoms with Crippen molar-refractivity contribution in [1.82, 2.24) is 14.5 Å². The van der Waals surface area contributed by atoms with E-state index in [-0.39, 0.29) is 11.9 Å². The Balaban J connectivity index is 1.89. The summed E-state index contributed by atoms with van der Waals surface area (Å²) in [5, 5.41) is 10.9. The zero-order valence-electron chi connectivity index (χ0n) is 11.5. The number of anilines is 2. The summed E-state index contributed by atoms with van der Waals surface area (Å²) in [5.41, 5.74) is 0. The number of rotatable bonds is 6. The molecule has 0 saturated carbocycles. The Morgan fingerprint density at radius 1 is 1.35 bits per heavy atom. The Morgan fingerprint density at radius 3 is 2.60 bits per heavy atom. The standard InChI is InChI=1S/C11H19N5O3S/c1-16(2)20(17,18)15-11-6-5-10(13-14-11)12-8-9-4-3-7-19-9/h5-6,9H,3-4,7-8H2,1-2H3,(H,12,13)(H,14,15). The Hall–Kier alpha value is -1.45. The Morgan fingerprint density at radius 2 is 2.05 bits per heavy atom. The van der Waals surface area contributed by atoms with E-state index in [1.807, 2.05) is 0 Å². The third-order valence-corrected chi connectivity index (χ3v) is 4.34. The van der Waals surface area contributed by atoms with Gasteiger partial charge in [-0.3, -0.25) is 4.72 Å². The summed E-state index contributed by atoms with van der Waals surface area (Å²) >= 11 is 0. The second-order valence-corrected chi connectivity index (χ2v) is 6.59. The van der Waals surface area contributed by atoms with Crippen molar-refractivity contribution in [1.29, 1.82) is 0 Å². The molecule has 2 N–H and O–H groups in total. The summed E-state index contributed by atoms with van der Waals surface area (Å²) in [6, 6.07) is 3.24. The molecule has 1 saturated heterocycles. The summed E-state index contributed by atoms with van der Waals surface area (Å²) in [6.45, 7) is 1.49. The highest BCUT2D eigenvalue weighted by Gasteiger charge is 2.16. The van der Waals surface area contributed by atoms with Gasteiger partial charge >= 0.3 is 10.2 Å². The van der Waals surface area contributed by atoms with Gasteiger partial charge in [-0.1, -0.05) is 0 Å². The van der Waals surface area contributed by atoms with Crippen LogP contribution in [0.1, 0.15) is 12.8 Å². The van der Waals surface area contributed by atoms with Crippen LogP contribution in [0.25, 0.3) is 0 Å². The van der Waals surface area contributed by atoms with Crippen molar-refractivity contribution in [3.63, 3.8) is 0 Å². The van der Waals surface area contributed by atoms with Gasteiger partial charge in [-0.05, 0) is 25.0 Å². The smallest absolute Gasteiger partial charge is 0.302 e. The fraction of sp³-hybridized carbons (Fsp3) is 0.636. The van der Waals surface area contributed by atoms with Crippen LogP contribution in [-0.4, -0.2) is 56.3 Å². The lowest BCUT2D eigenvalue weighted by Crippen LogP contribution is -2.29. The highest BCUT2D eigenvalue weighted by atomic mass is 32.2. The summed E-state index contributed by atoms with van der Waals surface area (Å²) in [4.78, 5) is 0.